The highest BCUT2D eigenvalue weighted by Gasteiger charge is 2.40. The predicted octanol–water partition coefficient (Wildman–Crippen LogP) is 1.77. The Kier molecular flexibility index (Phi) is 3.47. The van der Waals surface area contributed by atoms with Gasteiger partial charge in [0.15, 0.2) is 6.61 Å². The fourth-order valence-electron chi connectivity index (χ4n) is 2.69. The minimum absolute atomic E-state index is 0.0184. The van der Waals surface area contributed by atoms with E-state index in [9.17, 15) is 9.59 Å². The summed E-state index contributed by atoms with van der Waals surface area (Å²) in [5.74, 6) is 0.119. The minimum atomic E-state index is -0.219. The van der Waals surface area contributed by atoms with Gasteiger partial charge in [0.05, 0.1) is 5.92 Å². The molecular formula is C16H19NO3. The molecule has 2 atom stereocenters. The Morgan fingerprint density at radius 2 is 2.00 bits per heavy atom. The molecular weight excluding hydrogens is 254 g/mol. The molecule has 0 unspecified atom stereocenters. The fourth-order valence-corrected chi connectivity index (χ4v) is 2.69. The fraction of sp³-hybridized carbons (Fsp3) is 0.500. The first kappa shape index (κ1) is 13.2. The summed E-state index contributed by atoms with van der Waals surface area (Å²) >= 11 is 0. The zero-order valence-corrected chi connectivity index (χ0v) is 11.7. The number of amides is 1. The first-order valence-electron chi connectivity index (χ1n) is 7.16. The molecule has 4 heteroatoms. The third-order valence-electron chi connectivity index (χ3n) is 4.23. The minimum Gasteiger partial charge on any atom is -0.455 e. The average Bonchev–Trinajstić information content (AvgIpc) is 3.21. The number of hydrogen-bond donors (Lipinski definition) is 0. The average molecular weight is 273 g/mol. The molecule has 0 aromatic heterocycles. The topological polar surface area (TPSA) is 46.6 Å². The smallest absolute Gasteiger partial charge is 0.309 e. The van der Waals surface area contributed by atoms with Gasteiger partial charge in [-0.25, -0.2) is 0 Å². The van der Waals surface area contributed by atoms with Crippen LogP contribution >= 0.6 is 0 Å². The summed E-state index contributed by atoms with van der Waals surface area (Å²) in [5, 5.41) is 0. The predicted molar refractivity (Wildman–Crippen MR) is 73.8 cm³/mol. The first-order valence-corrected chi connectivity index (χ1v) is 7.16. The molecule has 1 saturated carbocycles. The molecule has 0 saturated heterocycles. The van der Waals surface area contributed by atoms with E-state index in [-0.39, 0.29) is 24.4 Å². The van der Waals surface area contributed by atoms with Gasteiger partial charge in [-0.3, -0.25) is 9.59 Å². The van der Waals surface area contributed by atoms with Crippen molar-refractivity contribution >= 4 is 11.9 Å². The number of ether oxygens (including phenoxy) is 1. The molecule has 106 valence electrons. The van der Waals surface area contributed by atoms with Crippen LogP contribution in [-0.2, 0) is 27.3 Å². The van der Waals surface area contributed by atoms with E-state index in [1.807, 2.05) is 25.1 Å². The Labute approximate surface area is 118 Å². The van der Waals surface area contributed by atoms with Gasteiger partial charge in [0, 0.05) is 13.1 Å². The van der Waals surface area contributed by atoms with Crippen LogP contribution in [0.15, 0.2) is 24.3 Å². The molecule has 2 aliphatic rings. The molecule has 1 amide bonds. The van der Waals surface area contributed by atoms with E-state index in [0.717, 1.165) is 12.8 Å². The molecule has 4 nitrogen and oxygen atoms in total. The van der Waals surface area contributed by atoms with E-state index in [0.29, 0.717) is 19.0 Å². The normalized spacial score (nSPS) is 23.9. The van der Waals surface area contributed by atoms with Gasteiger partial charge >= 0.3 is 5.97 Å². The van der Waals surface area contributed by atoms with Crippen LogP contribution in [0, 0.1) is 11.8 Å². The number of carbonyl (C=O) groups is 2. The maximum atomic E-state index is 12.1. The second kappa shape index (κ2) is 5.27. The van der Waals surface area contributed by atoms with Crippen molar-refractivity contribution in [1.82, 2.24) is 4.90 Å². The molecule has 0 N–H and O–H groups in total. The van der Waals surface area contributed by atoms with E-state index >= 15 is 0 Å². The lowest BCUT2D eigenvalue weighted by atomic mass is 10.00. The molecule has 0 radical (unpaired) electrons. The van der Waals surface area contributed by atoms with Gasteiger partial charge in [-0.1, -0.05) is 31.2 Å². The van der Waals surface area contributed by atoms with Crippen molar-refractivity contribution in [3.05, 3.63) is 35.4 Å². The second-order valence-electron chi connectivity index (χ2n) is 5.76. The zero-order valence-electron chi connectivity index (χ0n) is 11.7. The molecule has 1 aliphatic heterocycles. The van der Waals surface area contributed by atoms with Crippen LogP contribution in [0.2, 0.25) is 0 Å². The molecule has 1 aliphatic carbocycles. The molecule has 1 heterocycles. The lowest BCUT2D eigenvalue weighted by Gasteiger charge is -2.28. The molecule has 20 heavy (non-hydrogen) atoms. The van der Waals surface area contributed by atoms with Crippen molar-refractivity contribution in [2.45, 2.75) is 26.3 Å². The van der Waals surface area contributed by atoms with E-state index in [2.05, 4.69) is 6.07 Å². The van der Waals surface area contributed by atoms with Gasteiger partial charge in [0.2, 0.25) is 0 Å². The maximum absolute atomic E-state index is 12.1. The lowest BCUT2D eigenvalue weighted by Crippen LogP contribution is -2.38. The summed E-state index contributed by atoms with van der Waals surface area (Å²) in [4.78, 5) is 25.5. The van der Waals surface area contributed by atoms with Crippen molar-refractivity contribution in [2.24, 2.45) is 11.8 Å². The van der Waals surface area contributed by atoms with Gasteiger partial charge in [0.25, 0.3) is 5.91 Å². The summed E-state index contributed by atoms with van der Waals surface area (Å²) < 4.78 is 5.11. The number of nitrogens with zero attached hydrogens (tertiary/aromatic N) is 1. The third-order valence-corrected chi connectivity index (χ3v) is 4.23. The number of carbonyl (C=O) groups excluding carboxylic acids is 2. The Balaban J connectivity index is 1.52. The number of fused-ring (bicyclic) bond motifs is 1. The van der Waals surface area contributed by atoms with Crippen LogP contribution in [0.5, 0.6) is 0 Å². The highest BCUT2D eigenvalue weighted by atomic mass is 16.5. The monoisotopic (exact) mass is 273 g/mol. The van der Waals surface area contributed by atoms with Crippen molar-refractivity contribution in [1.29, 1.82) is 0 Å². The van der Waals surface area contributed by atoms with Crippen LogP contribution in [-0.4, -0.2) is 29.9 Å². The number of esters is 1. The summed E-state index contributed by atoms with van der Waals surface area (Å²) in [7, 11) is 0. The summed E-state index contributed by atoms with van der Waals surface area (Å²) in [6, 6.07) is 8.16. The maximum Gasteiger partial charge on any atom is 0.309 e. The third kappa shape index (κ3) is 2.69. The van der Waals surface area contributed by atoms with Crippen LogP contribution < -0.4 is 0 Å². The van der Waals surface area contributed by atoms with E-state index in [1.54, 1.807) is 4.90 Å². The Hall–Kier alpha value is -1.84. The summed E-state index contributed by atoms with van der Waals surface area (Å²) in [6.07, 6.45) is 1.76. The van der Waals surface area contributed by atoms with Crippen molar-refractivity contribution in [3.8, 4) is 0 Å². The van der Waals surface area contributed by atoms with E-state index in [1.165, 1.54) is 11.1 Å². The van der Waals surface area contributed by atoms with E-state index in [4.69, 9.17) is 4.74 Å². The molecule has 0 spiro atoms. The highest BCUT2D eigenvalue weighted by molar-refractivity contribution is 5.82. The van der Waals surface area contributed by atoms with Gasteiger partial charge in [-0.05, 0) is 29.9 Å². The molecule has 0 bridgehead atoms. The van der Waals surface area contributed by atoms with Gasteiger partial charge in [-0.2, -0.15) is 0 Å². The van der Waals surface area contributed by atoms with Crippen LogP contribution in [0.1, 0.15) is 24.5 Å². The van der Waals surface area contributed by atoms with Crippen LogP contribution in [0.4, 0.5) is 0 Å². The standard InChI is InChI=1S/C16H19NO3/c1-11-8-14(11)16(19)20-10-15(18)17-7-6-12-4-2-3-5-13(12)9-17/h2-5,11,14H,6-10H2,1H3/t11-,14-/m1/s1. The highest BCUT2D eigenvalue weighted by Crippen LogP contribution is 2.38. The van der Waals surface area contributed by atoms with Crippen molar-refractivity contribution < 1.29 is 14.3 Å². The Morgan fingerprint density at radius 1 is 1.30 bits per heavy atom. The van der Waals surface area contributed by atoms with Crippen molar-refractivity contribution in [3.63, 3.8) is 0 Å². The summed E-state index contributed by atoms with van der Waals surface area (Å²) in [5.41, 5.74) is 2.49. The molecule has 1 aromatic rings. The number of benzene rings is 1. The van der Waals surface area contributed by atoms with Crippen molar-refractivity contribution in [2.75, 3.05) is 13.2 Å². The van der Waals surface area contributed by atoms with Gasteiger partial charge < -0.3 is 9.64 Å². The summed E-state index contributed by atoms with van der Waals surface area (Å²) in [6.45, 7) is 3.22. The SMILES string of the molecule is C[C@@H]1C[C@H]1C(=O)OCC(=O)N1CCc2ccccc2C1. The molecule has 3 rings (SSSR count). The Morgan fingerprint density at radius 3 is 2.70 bits per heavy atom. The van der Waals surface area contributed by atoms with Gasteiger partial charge in [-0.15, -0.1) is 0 Å². The molecule has 1 aromatic carbocycles. The largest absolute Gasteiger partial charge is 0.455 e. The van der Waals surface area contributed by atoms with Crippen LogP contribution in [0.25, 0.3) is 0 Å². The quantitative estimate of drug-likeness (QED) is 0.789. The molecule has 1 fully saturated rings. The lowest BCUT2D eigenvalue weighted by molar-refractivity contribution is -0.153. The number of hydrogen-bond acceptors (Lipinski definition) is 3. The number of rotatable bonds is 3. The van der Waals surface area contributed by atoms with Crippen LogP contribution in [0.3, 0.4) is 0 Å². The Bertz CT molecular complexity index is 540. The second-order valence-corrected chi connectivity index (χ2v) is 5.76. The van der Waals surface area contributed by atoms with E-state index < -0.39 is 0 Å². The van der Waals surface area contributed by atoms with Gasteiger partial charge in [0.1, 0.15) is 0 Å². The zero-order chi connectivity index (χ0) is 14.1. The first-order chi connectivity index (χ1) is 9.65.